The van der Waals surface area contributed by atoms with Gasteiger partial charge in [-0.2, -0.15) is 5.10 Å². The topological polar surface area (TPSA) is 102 Å². The van der Waals surface area contributed by atoms with Crippen LogP contribution in [0.3, 0.4) is 0 Å². The molecule has 0 bridgehead atoms. The molecule has 1 amide bonds. The van der Waals surface area contributed by atoms with Crippen molar-refractivity contribution in [1.82, 2.24) is 15.1 Å². The molecular weight excluding hydrogens is 330 g/mol. The quantitative estimate of drug-likeness (QED) is 0.501. The number of rotatable bonds is 4. The molecule has 1 aromatic carbocycles. The zero-order chi connectivity index (χ0) is 17.9. The first-order chi connectivity index (χ1) is 11.3. The van der Waals surface area contributed by atoms with Crippen LogP contribution < -0.4 is 10.6 Å². The number of aryl methyl sites for hydroxylation is 3. The zero-order valence-electron chi connectivity index (χ0n) is 13.5. The highest BCUT2D eigenvalue weighted by atomic mass is 32.1. The van der Waals surface area contributed by atoms with E-state index in [2.05, 4.69) is 15.7 Å². The van der Waals surface area contributed by atoms with Crippen molar-refractivity contribution in [3.8, 4) is 0 Å². The van der Waals surface area contributed by atoms with Crippen molar-refractivity contribution in [1.29, 1.82) is 0 Å². The van der Waals surface area contributed by atoms with Gasteiger partial charge in [-0.3, -0.25) is 24.9 Å². The van der Waals surface area contributed by atoms with E-state index >= 15 is 0 Å². The van der Waals surface area contributed by atoms with Crippen molar-refractivity contribution in [3.05, 3.63) is 51.3 Å². The molecule has 0 aliphatic heterocycles. The van der Waals surface area contributed by atoms with E-state index in [1.165, 1.54) is 12.3 Å². The maximum absolute atomic E-state index is 12.1. The molecule has 1 aromatic heterocycles. The highest BCUT2D eigenvalue weighted by Gasteiger charge is 2.19. The van der Waals surface area contributed by atoms with Gasteiger partial charge >= 0.3 is 0 Å². The average molecular weight is 347 g/mol. The normalized spacial score (nSPS) is 10.3. The minimum Gasteiger partial charge on any atom is -0.327 e. The second-order valence-electron chi connectivity index (χ2n) is 5.23. The Kier molecular flexibility index (Phi) is 5.24. The lowest BCUT2D eigenvalue weighted by Gasteiger charge is -2.12. The van der Waals surface area contributed by atoms with Crippen molar-refractivity contribution in [3.63, 3.8) is 0 Å². The lowest BCUT2D eigenvalue weighted by atomic mass is 10.1. The lowest BCUT2D eigenvalue weighted by Crippen LogP contribution is -2.34. The highest BCUT2D eigenvalue weighted by molar-refractivity contribution is 7.80. The van der Waals surface area contributed by atoms with Crippen LogP contribution in [0.4, 0.5) is 11.4 Å². The van der Waals surface area contributed by atoms with Crippen molar-refractivity contribution in [2.75, 3.05) is 5.32 Å². The maximum Gasteiger partial charge on any atom is 0.293 e. The molecule has 0 fully saturated rings. The van der Waals surface area contributed by atoms with Gasteiger partial charge in [0.05, 0.1) is 16.7 Å². The summed E-state index contributed by atoms with van der Waals surface area (Å²) < 4.78 is 1.61. The van der Waals surface area contributed by atoms with E-state index in [0.29, 0.717) is 17.7 Å². The number of aromatic nitrogens is 2. The van der Waals surface area contributed by atoms with Gasteiger partial charge in [0.2, 0.25) is 0 Å². The van der Waals surface area contributed by atoms with Crippen LogP contribution in [-0.2, 0) is 6.54 Å². The molecule has 0 unspecified atom stereocenters. The van der Waals surface area contributed by atoms with E-state index in [9.17, 15) is 14.9 Å². The molecule has 2 aromatic rings. The summed E-state index contributed by atoms with van der Waals surface area (Å²) in [5.41, 5.74) is 1.96. The molecule has 8 nitrogen and oxygen atoms in total. The highest BCUT2D eigenvalue weighted by Crippen LogP contribution is 2.29. The van der Waals surface area contributed by atoms with Crippen molar-refractivity contribution in [2.24, 2.45) is 0 Å². The number of hydrogen-bond acceptors (Lipinski definition) is 5. The summed E-state index contributed by atoms with van der Waals surface area (Å²) >= 11 is 5.09. The average Bonchev–Trinajstić information content (AvgIpc) is 2.98. The molecule has 2 N–H and O–H groups in total. The molecule has 0 radical (unpaired) electrons. The maximum atomic E-state index is 12.1. The van der Waals surface area contributed by atoms with Crippen LogP contribution in [-0.4, -0.2) is 25.7 Å². The SMILES string of the molecule is CCn1cc(C(=O)NC(=S)Nc2c(C)cc(C)cc2[N+](=O)[O-])cn1. The van der Waals surface area contributed by atoms with Crippen molar-refractivity contribution >= 4 is 34.6 Å². The molecule has 1 heterocycles. The molecule has 0 saturated carbocycles. The molecule has 9 heteroatoms. The number of hydrogen-bond donors (Lipinski definition) is 2. The number of anilines is 1. The number of nitro benzene ring substituents is 1. The minimum atomic E-state index is -0.488. The molecule has 2 rings (SSSR count). The van der Waals surface area contributed by atoms with E-state index in [1.807, 2.05) is 6.92 Å². The van der Waals surface area contributed by atoms with Gasteiger partial charge in [0, 0.05) is 18.8 Å². The third kappa shape index (κ3) is 3.93. The van der Waals surface area contributed by atoms with E-state index in [0.717, 1.165) is 5.56 Å². The van der Waals surface area contributed by atoms with Crippen LogP contribution in [0.5, 0.6) is 0 Å². The smallest absolute Gasteiger partial charge is 0.293 e. The van der Waals surface area contributed by atoms with E-state index < -0.39 is 10.8 Å². The number of carbonyl (C=O) groups excluding carboxylic acids is 1. The number of thiocarbonyl (C=S) groups is 1. The fourth-order valence-corrected chi connectivity index (χ4v) is 2.42. The molecule has 0 spiro atoms. The van der Waals surface area contributed by atoms with Gasteiger partial charge in [-0.25, -0.2) is 0 Å². The summed E-state index contributed by atoms with van der Waals surface area (Å²) in [6.45, 7) is 6.05. The van der Waals surface area contributed by atoms with Gasteiger partial charge in [0.25, 0.3) is 11.6 Å². The monoisotopic (exact) mass is 347 g/mol. The van der Waals surface area contributed by atoms with Gasteiger partial charge in [0.1, 0.15) is 5.69 Å². The molecule has 0 aliphatic carbocycles. The third-order valence-electron chi connectivity index (χ3n) is 3.34. The van der Waals surface area contributed by atoms with Crippen molar-refractivity contribution in [2.45, 2.75) is 27.3 Å². The second kappa shape index (κ2) is 7.18. The van der Waals surface area contributed by atoms with E-state index in [1.54, 1.807) is 30.8 Å². The van der Waals surface area contributed by atoms with Crippen LogP contribution in [0.2, 0.25) is 0 Å². The Hall–Kier alpha value is -2.81. The summed E-state index contributed by atoms with van der Waals surface area (Å²) in [5.74, 6) is -0.431. The summed E-state index contributed by atoms with van der Waals surface area (Å²) in [4.78, 5) is 22.8. The number of carbonyl (C=O) groups is 1. The van der Waals surface area contributed by atoms with Gasteiger partial charge in [0.15, 0.2) is 5.11 Å². The zero-order valence-corrected chi connectivity index (χ0v) is 14.3. The molecule has 126 valence electrons. The Morgan fingerprint density at radius 2 is 2.12 bits per heavy atom. The number of nitro groups is 1. The Bertz CT molecular complexity index is 815. The first-order valence-electron chi connectivity index (χ1n) is 7.22. The second-order valence-corrected chi connectivity index (χ2v) is 5.63. The number of nitrogens with zero attached hydrogens (tertiary/aromatic N) is 3. The standard InChI is InChI=1S/C15H17N5O3S/c1-4-19-8-11(7-16-19)14(21)18-15(24)17-13-10(3)5-9(2)6-12(13)20(22)23/h5-8H,4H2,1-3H3,(H2,17,18,21,24). The molecule has 0 aliphatic rings. The summed E-state index contributed by atoms with van der Waals surface area (Å²) in [7, 11) is 0. The summed E-state index contributed by atoms with van der Waals surface area (Å²) in [5, 5.41) is 20.4. The van der Waals surface area contributed by atoms with Crippen LogP contribution in [0.1, 0.15) is 28.4 Å². The summed E-state index contributed by atoms with van der Waals surface area (Å²) in [6, 6.07) is 3.25. The van der Waals surface area contributed by atoms with Gasteiger partial charge in [-0.1, -0.05) is 6.07 Å². The minimum absolute atomic E-state index is 0.0145. The molecule has 0 atom stereocenters. The van der Waals surface area contributed by atoms with Crippen LogP contribution >= 0.6 is 12.2 Å². The predicted molar refractivity (Wildman–Crippen MR) is 94.2 cm³/mol. The van der Waals surface area contributed by atoms with Crippen LogP contribution in [0, 0.1) is 24.0 Å². The number of nitrogens with one attached hydrogen (secondary N) is 2. The number of benzene rings is 1. The van der Waals surface area contributed by atoms with Crippen LogP contribution in [0.15, 0.2) is 24.5 Å². The lowest BCUT2D eigenvalue weighted by molar-refractivity contribution is -0.384. The van der Waals surface area contributed by atoms with E-state index in [-0.39, 0.29) is 16.5 Å². The van der Waals surface area contributed by atoms with Gasteiger partial charge < -0.3 is 5.32 Å². The Morgan fingerprint density at radius 1 is 1.42 bits per heavy atom. The first-order valence-corrected chi connectivity index (χ1v) is 7.63. The largest absolute Gasteiger partial charge is 0.327 e. The Labute approximate surface area is 144 Å². The molecular formula is C15H17N5O3S. The summed E-state index contributed by atoms with van der Waals surface area (Å²) in [6.07, 6.45) is 3.03. The van der Waals surface area contributed by atoms with Crippen LogP contribution in [0.25, 0.3) is 0 Å². The molecule has 24 heavy (non-hydrogen) atoms. The fraction of sp³-hybridized carbons (Fsp3) is 0.267. The Morgan fingerprint density at radius 3 is 2.71 bits per heavy atom. The van der Waals surface area contributed by atoms with Gasteiger partial charge in [-0.15, -0.1) is 0 Å². The van der Waals surface area contributed by atoms with Gasteiger partial charge in [-0.05, 0) is 44.1 Å². The fourth-order valence-electron chi connectivity index (χ4n) is 2.23. The third-order valence-corrected chi connectivity index (χ3v) is 3.54. The Balaban J connectivity index is 2.15. The van der Waals surface area contributed by atoms with E-state index in [4.69, 9.17) is 12.2 Å². The van der Waals surface area contributed by atoms with Crippen molar-refractivity contribution < 1.29 is 9.72 Å². The molecule has 0 saturated heterocycles. The first kappa shape index (κ1) is 17.5. The number of amides is 1. The predicted octanol–water partition coefficient (Wildman–Crippen LogP) is 2.55.